The lowest BCUT2D eigenvalue weighted by Gasteiger charge is -2.16. The van der Waals surface area contributed by atoms with Gasteiger partial charge in [-0.2, -0.15) is 0 Å². The fourth-order valence-corrected chi connectivity index (χ4v) is 4.02. The molecule has 0 N–H and O–H groups in total. The minimum atomic E-state index is -0.423. The Balaban J connectivity index is 1.85. The molecule has 0 aliphatic heterocycles. The average molecular weight is 384 g/mol. The van der Waals surface area contributed by atoms with E-state index in [-0.39, 0.29) is 10.9 Å². The zero-order valence-electron chi connectivity index (χ0n) is 15.1. The maximum Gasteiger partial charge on any atom is 0.334 e. The average Bonchev–Trinajstić information content (AvgIpc) is 3.06. The van der Waals surface area contributed by atoms with Gasteiger partial charge in [-0.25, -0.2) is 0 Å². The van der Waals surface area contributed by atoms with Crippen LogP contribution in [0.1, 0.15) is 27.8 Å². The standard InChI is InChI=1S/C20H20N2O4S/c1-14-20(22(23)24)18(26-21-14)12-19(16-8-10-17(25-2)11-9-16)27-13-15-6-4-3-5-7-15/h3-11,19H,12-13H2,1-2H3. The first kappa shape index (κ1) is 19.0. The van der Waals surface area contributed by atoms with Gasteiger partial charge in [0.1, 0.15) is 5.75 Å². The molecule has 0 amide bonds. The molecule has 7 heteroatoms. The monoisotopic (exact) mass is 384 g/mol. The molecule has 0 saturated heterocycles. The van der Waals surface area contributed by atoms with Crippen molar-refractivity contribution in [1.82, 2.24) is 5.16 Å². The van der Waals surface area contributed by atoms with Gasteiger partial charge in [-0.3, -0.25) is 10.1 Å². The SMILES string of the molecule is COc1ccc(C(Cc2onc(C)c2[N+](=O)[O-])SCc2ccccc2)cc1. The normalized spacial score (nSPS) is 11.9. The van der Waals surface area contributed by atoms with Crippen molar-refractivity contribution in [2.45, 2.75) is 24.3 Å². The third-order valence-corrected chi connectivity index (χ3v) is 5.58. The number of aromatic nitrogens is 1. The molecule has 0 radical (unpaired) electrons. The number of nitrogens with zero attached hydrogens (tertiary/aromatic N) is 2. The van der Waals surface area contributed by atoms with Crippen LogP contribution < -0.4 is 4.74 Å². The molecule has 6 nitrogen and oxygen atoms in total. The predicted octanol–water partition coefficient (Wildman–Crippen LogP) is 5.12. The van der Waals surface area contributed by atoms with Crippen LogP contribution in [0.3, 0.4) is 0 Å². The molecular weight excluding hydrogens is 364 g/mol. The minimum Gasteiger partial charge on any atom is -0.497 e. The highest BCUT2D eigenvalue weighted by Crippen LogP contribution is 2.38. The summed E-state index contributed by atoms with van der Waals surface area (Å²) in [7, 11) is 1.62. The van der Waals surface area contributed by atoms with Gasteiger partial charge in [-0.05, 0) is 30.2 Å². The number of hydrogen-bond acceptors (Lipinski definition) is 6. The first-order valence-electron chi connectivity index (χ1n) is 8.47. The van der Waals surface area contributed by atoms with Crippen molar-refractivity contribution in [3.8, 4) is 5.75 Å². The summed E-state index contributed by atoms with van der Waals surface area (Å²) in [5, 5.41) is 15.1. The van der Waals surface area contributed by atoms with E-state index in [0.29, 0.717) is 17.9 Å². The van der Waals surface area contributed by atoms with Crippen molar-refractivity contribution < 1.29 is 14.2 Å². The summed E-state index contributed by atoms with van der Waals surface area (Å²) in [6.45, 7) is 1.59. The Morgan fingerprint density at radius 1 is 1.19 bits per heavy atom. The van der Waals surface area contributed by atoms with E-state index in [1.54, 1.807) is 25.8 Å². The maximum absolute atomic E-state index is 11.4. The smallest absolute Gasteiger partial charge is 0.334 e. The van der Waals surface area contributed by atoms with Crippen LogP contribution in [0.15, 0.2) is 59.1 Å². The van der Waals surface area contributed by atoms with E-state index in [9.17, 15) is 10.1 Å². The largest absolute Gasteiger partial charge is 0.497 e. The minimum absolute atomic E-state index is 0.0119. The van der Waals surface area contributed by atoms with E-state index in [0.717, 1.165) is 17.1 Å². The van der Waals surface area contributed by atoms with Gasteiger partial charge in [-0.15, -0.1) is 11.8 Å². The molecular formula is C20H20N2O4S. The van der Waals surface area contributed by atoms with Crippen LogP contribution in [0.5, 0.6) is 5.75 Å². The third-order valence-electron chi connectivity index (χ3n) is 4.23. The van der Waals surface area contributed by atoms with Crippen LogP contribution >= 0.6 is 11.8 Å². The van der Waals surface area contributed by atoms with E-state index in [1.165, 1.54) is 5.56 Å². The van der Waals surface area contributed by atoms with Crippen LogP contribution in [0.2, 0.25) is 0 Å². The Labute approximate surface area is 161 Å². The first-order chi connectivity index (χ1) is 13.1. The predicted molar refractivity (Wildman–Crippen MR) is 105 cm³/mol. The van der Waals surface area contributed by atoms with Crippen LogP contribution in [-0.2, 0) is 12.2 Å². The molecule has 27 heavy (non-hydrogen) atoms. The Morgan fingerprint density at radius 2 is 1.89 bits per heavy atom. The Bertz CT molecular complexity index is 894. The molecule has 0 bridgehead atoms. The first-order valence-corrected chi connectivity index (χ1v) is 9.52. The summed E-state index contributed by atoms with van der Waals surface area (Å²) in [5.41, 5.74) is 2.52. The molecule has 0 saturated carbocycles. The lowest BCUT2D eigenvalue weighted by atomic mass is 10.1. The van der Waals surface area contributed by atoms with E-state index >= 15 is 0 Å². The second kappa shape index (κ2) is 8.73. The lowest BCUT2D eigenvalue weighted by molar-refractivity contribution is -0.386. The number of rotatable bonds is 8. The number of benzene rings is 2. The molecule has 1 atom stereocenters. The summed E-state index contributed by atoms with van der Waals surface area (Å²) in [6, 6.07) is 17.9. The number of nitro groups is 1. The van der Waals surface area contributed by atoms with Crippen molar-refractivity contribution in [2.24, 2.45) is 0 Å². The second-order valence-corrected chi connectivity index (χ2v) is 7.25. The highest BCUT2D eigenvalue weighted by Gasteiger charge is 2.27. The summed E-state index contributed by atoms with van der Waals surface area (Å²) in [4.78, 5) is 10.9. The highest BCUT2D eigenvalue weighted by atomic mass is 32.2. The molecule has 1 aromatic heterocycles. The lowest BCUT2D eigenvalue weighted by Crippen LogP contribution is -2.02. The summed E-state index contributed by atoms with van der Waals surface area (Å²) in [6.07, 6.45) is 0.390. The van der Waals surface area contributed by atoms with Gasteiger partial charge in [0.05, 0.1) is 12.0 Å². The molecule has 0 spiro atoms. The Morgan fingerprint density at radius 3 is 2.52 bits per heavy atom. The van der Waals surface area contributed by atoms with Crippen molar-refractivity contribution in [1.29, 1.82) is 0 Å². The van der Waals surface area contributed by atoms with Gasteiger partial charge in [0.25, 0.3) is 0 Å². The third kappa shape index (κ3) is 4.68. The second-order valence-electron chi connectivity index (χ2n) is 6.06. The van der Waals surface area contributed by atoms with Crippen LogP contribution in [-0.4, -0.2) is 17.2 Å². The van der Waals surface area contributed by atoms with Gasteiger partial charge in [0, 0.05) is 17.4 Å². The van der Waals surface area contributed by atoms with Gasteiger partial charge in [0.15, 0.2) is 5.69 Å². The fraction of sp³-hybridized carbons (Fsp3) is 0.250. The van der Waals surface area contributed by atoms with Crippen LogP contribution in [0.4, 0.5) is 5.69 Å². The zero-order chi connectivity index (χ0) is 19.2. The Kier molecular flexibility index (Phi) is 6.13. The number of hydrogen-bond donors (Lipinski definition) is 0. The number of thioether (sulfide) groups is 1. The summed E-state index contributed by atoms with van der Waals surface area (Å²) < 4.78 is 10.5. The number of methoxy groups -OCH3 is 1. The Hall–Kier alpha value is -2.80. The van der Waals surface area contributed by atoms with Gasteiger partial charge >= 0.3 is 5.69 Å². The van der Waals surface area contributed by atoms with Crippen LogP contribution in [0, 0.1) is 17.0 Å². The van der Waals surface area contributed by atoms with Gasteiger partial charge < -0.3 is 9.26 Å². The summed E-state index contributed by atoms with van der Waals surface area (Å²) in [5.74, 6) is 1.87. The van der Waals surface area contributed by atoms with E-state index in [2.05, 4.69) is 17.3 Å². The van der Waals surface area contributed by atoms with Crippen molar-refractivity contribution in [3.63, 3.8) is 0 Å². The van der Waals surface area contributed by atoms with Gasteiger partial charge in [-0.1, -0.05) is 47.6 Å². The molecule has 0 aliphatic rings. The molecule has 3 aromatic rings. The molecule has 2 aromatic carbocycles. The van der Waals surface area contributed by atoms with E-state index in [4.69, 9.17) is 9.26 Å². The van der Waals surface area contributed by atoms with Crippen molar-refractivity contribution in [2.75, 3.05) is 7.11 Å². The molecule has 140 valence electrons. The molecule has 1 heterocycles. The molecule has 0 aliphatic carbocycles. The van der Waals surface area contributed by atoms with E-state index in [1.807, 2.05) is 42.5 Å². The van der Waals surface area contributed by atoms with Crippen molar-refractivity contribution in [3.05, 3.63) is 87.3 Å². The van der Waals surface area contributed by atoms with Crippen LogP contribution in [0.25, 0.3) is 0 Å². The van der Waals surface area contributed by atoms with E-state index < -0.39 is 4.92 Å². The molecule has 0 fully saturated rings. The number of ether oxygens (including phenoxy) is 1. The zero-order valence-corrected chi connectivity index (χ0v) is 15.9. The fourth-order valence-electron chi connectivity index (χ4n) is 2.81. The summed E-state index contributed by atoms with van der Waals surface area (Å²) >= 11 is 1.71. The van der Waals surface area contributed by atoms with Gasteiger partial charge in [0.2, 0.25) is 5.76 Å². The topological polar surface area (TPSA) is 78.4 Å². The number of aryl methyl sites for hydroxylation is 1. The quantitative estimate of drug-likeness (QED) is 0.396. The highest BCUT2D eigenvalue weighted by molar-refractivity contribution is 7.98. The van der Waals surface area contributed by atoms with Crippen molar-refractivity contribution >= 4 is 17.4 Å². The molecule has 3 rings (SSSR count). The maximum atomic E-state index is 11.4. The molecule has 1 unspecified atom stereocenters.